The van der Waals surface area contributed by atoms with Crippen LogP contribution in [-0.4, -0.2) is 34.7 Å². The second-order valence-electron chi connectivity index (χ2n) is 10.2. The van der Waals surface area contributed by atoms with Crippen molar-refractivity contribution >= 4 is 51.8 Å². The summed E-state index contributed by atoms with van der Waals surface area (Å²) in [5.41, 5.74) is 3.46. The van der Waals surface area contributed by atoms with E-state index in [1.54, 1.807) is 97.1 Å². The van der Waals surface area contributed by atoms with Crippen LogP contribution in [0.2, 0.25) is 5.02 Å². The van der Waals surface area contributed by atoms with Crippen LogP contribution >= 0.6 is 11.6 Å². The largest absolute Gasteiger partial charge is 0.450 e. The van der Waals surface area contributed by atoms with Gasteiger partial charge in [-0.15, -0.1) is 0 Å². The number of pyridine rings is 1. The van der Waals surface area contributed by atoms with Gasteiger partial charge in [0.2, 0.25) is 5.78 Å². The molecule has 0 radical (unpaired) electrons. The van der Waals surface area contributed by atoms with Crippen LogP contribution in [0.15, 0.2) is 103 Å². The van der Waals surface area contributed by atoms with Crippen molar-refractivity contribution in [2.45, 2.75) is 25.9 Å². The number of rotatable bonds is 8. The van der Waals surface area contributed by atoms with Crippen molar-refractivity contribution in [3.05, 3.63) is 130 Å². The van der Waals surface area contributed by atoms with Crippen LogP contribution in [0.25, 0.3) is 22.2 Å². The minimum Gasteiger partial charge on any atom is -0.450 e. The number of esters is 1. The second-order valence-corrected chi connectivity index (χ2v) is 10.6. The van der Waals surface area contributed by atoms with Gasteiger partial charge in [-0.3, -0.25) is 14.4 Å². The Balaban J connectivity index is 1.34. The van der Waals surface area contributed by atoms with Crippen molar-refractivity contribution in [3.63, 3.8) is 0 Å². The number of hydrogen-bond donors (Lipinski definition) is 0. The van der Waals surface area contributed by atoms with Crippen molar-refractivity contribution in [1.29, 1.82) is 0 Å². The molecule has 43 heavy (non-hydrogen) atoms. The van der Waals surface area contributed by atoms with E-state index in [4.69, 9.17) is 21.3 Å². The molecule has 4 aromatic carbocycles. The molecule has 0 fully saturated rings. The molecule has 2 amide bonds. The van der Waals surface area contributed by atoms with Crippen LogP contribution in [0.4, 0.5) is 5.69 Å². The van der Waals surface area contributed by atoms with Gasteiger partial charge >= 0.3 is 5.97 Å². The SMILES string of the molecule is CCCC(OC(=O)c1cc(-c2ccc(N3C(=O)c4ccccc4C3=O)cc2)nc2ccc(Cl)cc12)C(=O)c1ccccc1. The molecule has 0 spiro atoms. The van der Waals surface area contributed by atoms with Crippen LogP contribution in [0.5, 0.6) is 0 Å². The number of ketones is 1. The minimum absolute atomic E-state index is 0.217. The fraction of sp³-hybridized carbons (Fsp3) is 0.114. The Labute approximate surface area is 252 Å². The highest BCUT2D eigenvalue weighted by atomic mass is 35.5. The van der Waals surface area contributed by atoms with Crippen LogP contribution in [0, 0.1) is 0 Å². The molecule has 7 nitrogen and oxygen atoms in total. The number of amides is 2. The van der Waals surface area contributed by atoms with Crippen molar-refractivity contribution in [2.75, 3.05) is 4.90 Å². The Morgan fingerprint density at radius 3 is 2.14 bits per heavy atom. The average molecular weight is 589 g/mol. The first-order valence-corrected chi connectivity index (χ1v) is 14.2. The molecule has 1 aliphatic heterocycles. The predicted molar refractivity (Wildman–Crippen MR) is 165 cm³/mol. The van der Waals surface area contributed by atoms with Gasteiger partial charge in [0, 0.05) is 21.5 Å². The van der Waals surface area contributed by atoms with E-state index in [0.29, 0.717) is 62.4 Å². The zero-order valence-electron chi connectivity index (χ0n) is 23.1. The number of anilines is 1. The zero-order valence-corrected chi connectivity index (χ0v) is 23.9. The van der Waals surface area contributed by atoms with E-state index in [9.17, 15) is 19.2 Å². The molecule has 0 saturated heterocycles. The molecule has 1 atom stereocenters. The fourth-order valence-corrected chi connectivity index (χ4v) is 5.38. The van der Waals surface area contributed by atoms with Gasteiger partial charge in [0.1, 0.15) is 0 Å². The molecule has 8 heteroatoms. The molecule has 1 aromatic heterocycles. The molecule has 6 rings (SSSR count). The third-order valence-electron chi connectivity index (χ3n) is 7.36. The average Bonchev–Trinajstić information content (AvgIpc) is 3.29. The summed E-state index contributed by atoms with van der Waals surface area (Å²) in [6, 6.07) is 28.9. The quantitative estimate of drug-likeness (QED) is 0.105. The molecule has 1 aliphatic rings. The van der Waals surface area contributed by atoms with Gasteiger partial charge in [0.05, 0.1) is 33.6 Å². The van der Waals surface area contributed by atoms with Crippen LogP contribution in [0.1, 0.15) is 61.2 Å². The highest BCUT2D eigenvalue weighted by Gasteiger charge is 2.36. The van der Waals surface area contributed by atoms with E-state index in [2.05, 4.69) is 0 Å². The van der Waals surface area contributed by atoms with E-state index in [1.165, 1.54) is 0 Å². The van der Waals surface area contributed by atoms with E-state index < -0.39 is 12.1 Å². The Hall–Kier alpha value is -5.14. The lowest BCUT2D eigenvalue weighted by molar-refractivity contribution is 0.0268. The number of Topliss-reactive ketones (excluding diaryl/α,β-unsaturated/α-hetero) is 1. The van der Waals surface area contributed by atoms with Crippen LogP contribution < -0.4 is 4.90 Å². The number of carbonyl (C=O) groups excluding carboxylic acids is 4. The van der Waals surface area contributed by atoms with E-state index in [0.717, 1.165) is 4.90 Å². The number of ether oxygens (including phenoxy) is 1. The van der Waals surface area contributed by atoms with Gasteiger partial charge < -0.3 is 4.74 Å². The van der Waals surface area contributed by atoms with E-state index in [-0.39, 0.29) is 23.2 Å². The number of imide groups is 1. The third-order valence-corrected chi connectivity index (χ3v) is 7.59. The number of aromatic nitrogens is 1. The lowest BCUT2D eigenvalue weighted by Gasteiger charge is -2.18. The molecular formula is C35H25ClN2O5. The maximum Gasteiger partial charge on any atom is 0.339 e. The topological polar surface area (TPSA) is 93.6 Å². The molecular weight excluding hydrogens is 564 g/mol. The maximum absolute atomic E-state index is 13.7. The first-order valence-electron chi connectivity index (χ1n) is 13.8. The summed E-state index contributed by atoms with van der Waals surface area (Å²) in [6.45, 7) is 1.92. The summed E-state index contributed by atoms with van der Waals surface area (Å²) < 4.78 is 5.83. The molecule has 0 N–H and O–H groups in total. The molecule has 2 heterocycles. The van der Waals surface area contributed by atoms with Crippen molar-refractivity contribution in [3.8, 4) is 11.3 Å². The number of halogens is 1. The highest BCUT2D eigenvalue weighted by molar-refractivity contribution is 6.34. The maximum atomic E-state index is 13.7. The van der Waals surface area contributed by atoms with Crippen molar-refractivity contribution < 1.29 is 23.9 Å². The Bertz CT molecular complexity index is 1870. The summed E-state index contributed by atoms with van der Waals surface area (Å²) in [4.78, 5) is 58.6. The molecule has 0 saturated carbocycles. The monoisotopic (exact) mass is 588 g/mol. The molecule has 0 aliphatic carbocycles. The van der Waals surface area contributed by atoms with E-state index in [1.807, 2.05) is 13.0 Å². The smallest absolute Gasteiger partial charge is 0.339 e. The van der Waals surface area contributed by atoms with Gasteiger partial charge in [0.25, 0.3) is 11.8 Å². The summed E-state index contributed by atoms with van der Waals surface area (Å²) in [5, 5.41) is 0.915. The number of benzene rings is 4. The standard InChI is InChI=1S/C35H25ClN2O5/c1-2-8-31(32(39)22-9-4-3-5-10-22)43-35(42)28-20-30(37-29-18-15-23(36)19-27(28)29)21-13-16-24(17-14-21)38-33(40)25-11-6-7-12-26(25)34(38)41/h3-7,9-20,31H,2,8H2,1H3. The number of nitrogens with zero attached hydrogens (tertiary/aromatic N) is 2. The Kier molecular flexibility index (Phi) is 7.57. The highest BCUT2D eigenvalue weighted by Crippen LogP contribution is 2.32. The van der Waals surface area contributed by atoms with E-state index >= 15 is 0 Å². The number of hydrogen-bond acceptors (Lipinski definition) is 6. The zero-order chi connectivity index (χ0) is 30.1. The van der Waals surface area contributed by atoms with Crippen LogP contribution in [-0.2, 0) is 4.74 Å². The summed E-state index contributed by atoms with van der Waals surface area (Å²) in [7, 11) is 0. The van der Waals surface area contributed by atoms with Crippen LogP contribution in [0.3, 0.4) is 0 Å². The van der Waals surface area contributed by atoms with Gasteiger partial charge in [-0.25, -0.2) is 14.7 Å². The molecule has 5 aromatic rings. The summed E-state index contributed by atoms with van der Waals surface area (Å²) in [6.07, 6.45) is 0.0594. The van der Waals surface area contributed by atoms with Crippen molar-refractivity contribution in [2.24, 2.45) is 0 Å². The first kappa shape index (κ1) is 28.0. The fourth-order valence-electron chi connectivity index (χ4n) is 5.21. The lowest BCUT2D eigenvalue weighted by Crippen LogP contribution is -2.29. The number of fused-ring (bicyclic) bond motifs is 2. The van der Waals surface area contributed by atoms with Gasteiger partial charge in [0.15, 0.2) is 6.10 Å². The molecule has 1 unspecified atom stereocenters. The predicted octanol–water partition coefficient (Wildman–Crippen LogP) is 7.56. The van der Waals surface area contributed by atoms with Crippen molar-refractivity contribution in [1.82, 2.24) is 4.98 Å². The summed E-state index contributed by atoms with van der Waals surface area (Å²) >= 11 is 6.28. The first-order chi connectivity index (χ1) is 20.9. The molecule has 0 bridgehead atoms. The number of carbonyl (C=O) groups is 4. The van der Waals surface area contributed by atoms with Gasteiger partial charge in [-0.05, 0) is 55.0 Å². The summed E-state index contributed by atoms with van der Waals surface area (Å²) in [5.74, 6) is -1.70. The Morgan fingerprint density at radius 2 is 1.49 bits per heavy atom. The third kappa shape index (κ3) is 5.31. The second kappa shape index (κ2) is 11.6. The normalized spacial score (nSPS) is 13.2. The molecule has 212 valence electrons. The lowest BCUT2D eigenvalue weighted by atomic mass is 10.0. The minimum atomic E-state index is -0.954. The van der Waals surface area contributed by atoms with Gasteiger partial charge in [-0.2, -0.15) is 0 Å². The van der Waals surface area contributed by atoms with Gasteiger partial charge in [-0.1, -0.05) is 79.5 Å². The Morgan fingerprint density at radius 1 is 0.837 bits per heavy atom.